The predicted molar refractivity (Wildman–Crippen MR) is 55.1 cm³/mol. The normalized spacial score (nSPS) is 32.6. The van der Waals surface area contributed by atoms with Gasteiger partial charge in [-0.3, -0.25) is 0 Å². The van der Waals surface area contributed by atoms with E-state index in [1.807, 2.05) is 0 Å². The molecule has 84 valence electrons. The molecule has 3 nitrogen and oxygen atoms in total. The Labute approximate surface area is 86.1 Å². The zero-order chi connectivity index (χ0) is 10.6. The second-order valence-corrected chi connectivity index (χ2v) is 4.86. The molecule has 0 saturated heterocycles. The maximum absolute atomic E-state index is 9.54. The minimum absolute atomic E-state index is 0.237. The summed E-state index contributed by atoms with van der Waals surface area (Å²) in [5.74, 6) is 0.729. The molecule has 0 aliphatic heterocycles. The highest BCUT2D eigenvalue weighted by atomic mass is 16.5. The van der Waals surface area contributed by atoms with E-state index in [9.17, 15) is 5.11 Å². The number of ether oxygens (including phenoxy) is 1. The summed E-state index contributed by atoms with van der Waals surface area (Å²) >= 11 is 0. The van der Waals surface area contributed by atoms with Crippen molar-refractivity contribution in [2.45, 2.75) is 51.2 Å². The lowest BCUT2D eigenvalue weighted by Gasteiger charge is -2.29. The molecule has 1 saturated carbocycles. The molecule has 3 unspecified atom stereocenters. The zero-order valence-electron chi connectivity index (χ0n) is 9.20. The molecule has 3 heteroatoms. The van der Waals surface area contributed by atoms with Gasteiger partial charge in [-0.2, -0.15) is 0 Å². The summed E-state index contributed by atoms with van der Waals surface area (Å²) in [5.41, 5.74) is -1.08. The Morgan fingerprint density at radius 1 is 1.43 bits per heavy atom. The van der Waals surface area contributed by atoms with Crippen molar-refractivity contribution in [2.75, 3.05) is 13.2 Å². The quantitative estimate of drug-likeness (QED) is 0.723. The molecule has 0 aromatic carbocycles. The van der Waals surface area contributed by atoms with Crippen LogP contribution in [0, 0.1) is 5.92 Å². The molecule has 14 heavy (non-hydrogen) atoms. The van der Waals surface area contributed by atoms with E-state index in [4.69, 9.17) is 9.84 Å². The van der Waals surface area contributed by atoms with Gasteiger partial charge >= 0.3 is 0 Å². The lowest BCUT2D eigenvalue weighted by molar-refractivity contribution is -0.0964. The van der Waals surface area contributed by atoms with Crippen LogP contribution in [0.1, 0.15) is 39.5 Å². The van der Waals surface area contributed by atoms with Gasteiger partial charge in [0.05, 0.1) is 19.3 Å². The molecular formula is C11H22O3. The Hall–Kier alpha value is -0.120. The minimum Gasteiger partial charge on any atom is -0.393 e. The average molecular weight is 202 g/mol. The Balaban J connectivity index is 2.23. The fourth-order valence-electron chi connectivity index (χ4n) is 1.87. The topological polar surface area (TPSA) is 49.7 Å². The first-order chi connectivity index (χ1) is 6.53. The van der Waals surface area contributed by atoms with Crippen LogP contribution in [0.4, 0.5) is 0 Å². The summed E-state index contributed by atoms with van der Waals surface area (Å²) in [6, 6.07) is 0. The zero-order valence-corrected chi connectivity index (χ0v) is 9.20. The molecule has 0 radical (unpaired) electrons. The smallest absolute Gasteiger partial charge is 0.108 e. The lowest BCUT2D eigenvalue weighted by Crippen LogP contribution is -2.37. The summed E-state index contributed by atoms with van der Waals surface area (Å²) in [7, 11) is 0. The summed E-state index contributed by atoms with van der Waals surface area (Å²) in [6.07, 6.45) is 4.95. The van der Waals surface area contributed by atoms with Crippen LogP contribution in [-0.4, -0.2) is 35.1 Å². The Morgan fingerprint density at radius 3 is 2.71 bits per heavy atom. The van der Waals surface area contributed by atoms with Crippen LogP contribution in [0.25, 0.3) is 0 Å². The molecule has 0 amide bonds. The highest BCUT2D eigenvalue weighted by molar-refractivity contribution is 4.74. The molecule has 0 heterocycles. The number of rotatable bonds is 4. The van der Waals surface area contributed by atoms with Gasteiger partial charge in [-0.1, -0.05) is 19.8 Å². The van der Waals surface area contributed by atoms with Crippen LogP contribution >= 0.6 is 0 Å². The number of hydrogen-bond acceptors (Lipinski definition) is 3. The van der Waals surface area contributed by atoms with Crippen molar-refractivity contribution in [1.82, 2.24) is 0 Å². The van der Waals surface area contributed by atoms with E-state index in [0.29, 0.717) is 0 Å². The maximum atomic E-state index is 9.54. The second kappa shape index (κ2) is 5.10. The Kier molecular flexibility index (Phi) is 4.35. The summed E-state index contributed by atoms with van der Waals surface area (Å²) in [4.78, 5) is 0. The molecule has 2 N–H and O–H groups in total. The van der Waals surface area contributed by atoms with Gasteiger partial charge < -0.3 is 14.9 Å². The van der Waals surface area contributed by atoms with Crippen molar-refractivity contribution < 1.29 is 14.9 Å². The molecule has 0 aromatic rings. The van der Waals surface area contributed by atoms with Crippen molar-refractivity contribution in [3.63, 3.8) is 0 Å². The van der Waals surface area contributed by atoms with E-state index in [0.717, 1.165) is 18.8 Å². The van der Waals surface area contributed by atoms with Crippen molar-refractivity contribution >= 4 is 0 Å². The second-order valence-electron chi connectivity index (χ2n) is 4.86. The van der Waals surface area contributed by atoms with Crippen LogP contribution < -0.4 is 0 Å². The Morgan fingerprint density at radius 2 is 2.14 bits per heavy atom. The summed E-state index contributed by atoms with van der Waals surface area (Å²) in [5, 5.41) is 18.4. The Bertz CT molecular complexity index is 168. The van der Waals surface area contributed by atoms with Crippen LogP contribution in [0.15, 0.2) is 0 Å². The number of aliphatic hydroxyl groups is 2. The highest BCUT2D eigenvalue weighted by Gasteiger charge is 2.24. The molecule has 1 fully saturated rings. The van der Waals surface area contributed by atoms with Gasteiger partial charge in [0.1, 0.15) is 5.60 Å². The van der Waals surface area contributed by atoms with Crippen molar-refractivity contribution in [2.24, 2.45) is 5.92 Å². The van der Waals surface area contributed by atoms with Gasteiger partial charge in [0, 0.05) is 0 Å². The molecule has 3 atom stereocenters. The summed E-state index contributed by atoms with van der Waals surface area (Å²) < 4.78 is 5.60. The molecular weight excluding hydrogens is 180 g/mol. The fourth-order valence-corrected chi connectivity index (χ4v) is 1.87. The predicted octanol–water partition coefficient (Wildman–Crippen LogP) is 1.32. The molecule has 0 spiro atoms. The standard InChI is InChI=1S/C11H22O3/c1-9-4-3-5-10(6-9)14-8-11(2,13)7-12/h9-10,12-13H,3-8H2,1-2H3. The molecule has 1 aliphatic carbocycles. The first kappa shape index (κ1) is 12.0. The fraction of sp³-hybridized carbons (Fsp3) is 1.00. The van der Waals surface area contributed by atoms with Crippen molar-refractivity contribution in [3.8, 4) is 0 Å². The van der Waals surface area contributed by atoms with Gasteiger partial charge in [0.2, 0.25) is 0 Å². The maximum Gasteiger partial charge on any atom is 0.108 e. The van der Waals surface area contributed by atoms with E-state index in [2.05, 4.69) is 6.92 Å². The monoisotopic (exact) mass is 202 g/mol. The van der Waals surface area contributed by atoms with Crippen molar-refractivity contribution in [3.05, 3.63) is 0 Å². The third-order valence-corrected chi connectivity index (χ3v) is 2.86. The molecule has 1 aliphatic rings. The van der Waals surface area contributed by atoms with Gasteiger partial charge in [-0.25, -0.2) is 0 Å². The van der Waals surface area contributed by atoms with Crippen LogP contribution in [-0.2, 0) is 4.74 Å². The third kappa shape index (κ3) is 3.95. The van der Waals surface area contributed by atoms with E-state index in [-0.39, 0.29) is 19.3 Å². The largest absolute Gasteiger partial charge is 0.393 e. The number of aliphatic hydroxyl groups excluding tert-OH is 1. The molecule has 0 bridgehead atoms. The highest BCUT2D eigenvalue weighted by Crippen LogP contribution is 2.26. The van der Waals surface area contributed by atoms with Crippen LogP contribution in [0.5, 0.6) is 0 Å². The van der Waals surface area contributed by atoms with E-state index in [1.54, 1.807) is 6.92 Å². The van der Waals surface area contributed by atoms with Gasteiger partial charge in [-0.05, 0) is 25.7 Å². The van der Waals surface area contributed by atoms with Crippen LogP contribution in [0.3, 0.4) is 0 Å². The SMILES string of the molecule is CC1CCCC(OCC(C)(O)CO)C1. The minimum atomic E-state index is -1.08. The summed E-state index contributed by atoms with van der Waals surface area (Å²) in [6.45, 7) is 3.83. The van der Waals surface area contributed by atoms with Crippen molar-refractivity contribution in [1.29, 1.82) is 0 Å². The van der Waals surface area contributed by atoms with Gasteiger partial charge in [-0.15, -0.1) is 0 Å². The molecule has 0 aromatic heterocycles. The third-order valence-electron chi connectivity index (χ3n) is 2.86. The van der Waals surface area contributed by atoms with Gasteiger partial charge in [0.25, 0.3) is 0 Å². The van der Waals surface area contributed by atoms with E-state index >= 15 is 0 Å². The molecule has 1 rings (SSSR count). The first-order valence-electron chi connectivity index (χ1n) is 5.48. The number of hydrogen-bond donors (Lipinski definition) is 2. The lowest BCUT2D eigenvalue weighted by atomic mass is 9.88. The van der Waals surface area contributed by atoms with E-state index < -0.39 is 5.60 Å². The van der Waals surface area contributed by atoms with E-state index in [1.165, 1.54) is 12.8 Å². The average Bonchev–Trinajstić information content (AvgIpc) is 2.15. The van der Waals surface area contributed by atoms with Gasteiger partial charge in [0.15, 0.2) is 0 Å². The first-order valence-corrected chi connectivity index (χ1v) is 5.48. The van der Waals surface area contributed by atoms with Crippen LogP contribution in [0.2, 0.25) is 0 Å².